The summed E-state index contributed by atoms with van der Waals surface area (Å²) in [5.41, 5.74) is 0.0158. The molecule has 0 spiro atoms. The maximum absolute atomic E-state index is 14.0. The van der Waals surface area contributed by atoms with Gasteiger partial charge in [0.2, 0.25) is 0 Å². The zero-order chi connectivity index (χ0) is 19.1. The minimum Gasteiger partial charge on any atom is -0.295 e. The van der Waals surface area contributed by atoms with Crippen molar-refractivity contribution >= 4 is 12.2 Å². The zero-order valence-corrected chi connectivity index (χ0v) is 15.9. The Kier molecular flexibility index (Phi) is 4.79. The van der Waals surface area contributed by atoms with Crippen molar-refractivity contribution in [2.45, 2.75) is 40.2 Å². The van der Waals surface area contributed by atoms with Crippen LogP contribution in [0.1, 0.15) is 33.6 Å². The van der Waals surface area contributed by atoms with Crippen LogP contribution in [0.3, 0.4) is 0 Å². The molecule has 26 heavy (non-hydrogen) atoms. The van der Waals surface area contributed by atoms with E-state index in [0.717, 1.165) is 17.1 Å². The molecule has 0 amide bonds. The number of allylic oxidation sites excluding steroid dienone is 4. The predicted molar refractivity (Wildman–Crippen MR) is 101 cm³/mol. The third-order valence-corrected chi connectivity index (χ3v) is 5.84. The van der Waals surface area contributed by atoms with Crippen LogP contribution in [0.15, 0.2) is 28.8 Å². The van der Waals surface area contributed by atoms with Crippen LogP contribution >= 0.6 is 0 Å². The molecule has 0 bridgehead atoms. The van der Waals surface area contributed by atoms with Gasteiger partial charge in [-0.05, 0) is 30.3 Å². The van der Waals surface area contributed by atoms with E-state index in [1.54, 1.807) is 17.7 Å². The van der Waals surface area contributed by atoms with Crippen LogP contribution in [-0.2, 0) is 13.6 Å². The van der Waals surface area contributed by atoms with Gasteiger partial charge in [-0.15, -0.1) is 0 Å². The molecule has 3 unspecified atom stereocenters. The molecular weight excluding hydrogens is 329 g/mol. The molecule has 3 rings (SSSR count). The van der Waals surface area contributed by atoms with Crippen LogP contribution in [0.5, 0.6) is 0 Å². The number of hydrogen-bond acceptors (Lipinski definition) is 2. The molecule has 1 heterocycles. The Morgan fingerprint density at radius 3 is 2.77 bits per heavy atom. The summed E-state index contributed by atoms with van der Waals surface area (Å²) in [7, 11) is 1.78. The van der Waals surface area contributed by atoms with Gasteiger partial charge >= 0.3 is 5.69 Å². The number of nitrogens with zero attached hydrogens (tertiary/aromatic N) is 3. The summed E-state index contributed by atoms with van der Waals surface area (Å²) in [6.07, 6.45) is 10.8. The van der Waals surface area contributed by atoms with Gasteiger partial charge in [-0.1, -0.05) is 45.1 Å². The quantitative estimate of drug-likeness (QED) is 0.833. The van der Waals surface area contributed by atoms with Crippen LogP contribution in [0.4, 0.5) is 4.39 Å². The summed E-state index contributed by atoms with van der Waals surface area (Å²) in [6, 6.07) is 2.09. The van der Waals surface area contributed by atoms with Crippen molar-refractivity contribution in [3.05, 3.63) is 45.2 Å². The minimum absolute atomic E-state index is 0.00323. The van der Waals surface area contributed by atoms with Gasteiger partial charge < -0.3 is 0 Å². The van der Waals surface area contributed by atoms with Crippen LogP contribution < -0.4 is 16.4 Å². The third-order valence-electron chi connectivity index (χ3n) is 5.84. The standard InChI is InChI=1S/C21H26FN3O/c1-5-21(2,3)13-25-18-10-9-14(11-19(18)24(4)20(25)26)15-7-6-8-17(22)16(15)12-23/h6-8,10-11,14-16H,5,9,13H2,1-4H3. The fourth-order valence-corrected chi connectivity index (χ4v) is 3.80. The van der Waals surface area contributed by atoms with Crippen molar-refractivity contribution < 1.29 is 4.39 Å². The van der Waals surface area contributed by atoms with Gasteiger partial charge in [0.25, 0.3) is 0 Å². The molecule has 4 nitrogen and oxygen atoms in total. The van der Waals surface area contributed by atoms with Crippen LogP contribution in [0.2, 0.25) is 0 Å². The van der Waals surface area contributed by atoms with E-state index in [9.17, 15) is 14.4 Å². The fraction of sp³-hybridized carbons (Fsp3) is 0.524. The smallest absolute Gasteiger partial charge is 0.295 e. The van der Waals surface area contributed by atoms with Crippen LogP contribution in [-0.4, -0.2) is 9.13 Å². The molecule has 0 saturated carbocycles. The molecular formula is C21H26FN3O. The highest BCUT2D eigenvalue weighted by Gasteiger charge is 2.32. The molecule has 0 aliphatic heterocycles. The van der Waals surface area contributed by atoms with E-state index >= 15 is 0 Å². The highest BCUT2D eigenvalue weighted by atomic mass is 19.1. The minimum atomic E-state index is -0.755. The second-order valence-electron chi connectivity index (χ2n) is 8.11. The van der Waals surface area contributed by atoms with Gasteiger partial charge in [0.05, 0.1) is 16.8 Å². The average Bonchev–Trinajstić information content (AvgIpc) is 2.85. The molecule has 1 aromatic rings. The lowest BCUT2D eigenvalue weighted by Gasteiger charge is -2.27. The Labute approximate surface area is 153 Å². The van der Waals surface area contributed by atoms with E-state index in [-0.39, 0.29) is 28.8 Å². The first-order valence-electron chi connectivity index (χ1n) is 9.20. The number of aromatic nitrogens is 2. The molecule has 1 aromatic heterocycles. The highest BCUT2D eigenvalue weighted by Crippen LogP contribution is 2.35. The molecule has 2 aliphatic carbocycles. The van der Waals surface area contributed by atoms with Gasteiger partial charge in [-0.2, -0.15) is 5.26 Å². The fourth-order valence-electron chi connectivity index (χ4n) is 3.80. The van der Waals surface area contributed by atoms with Crippen molar-refractivity contribution in [2.75, 3.05) is 0 Å². The number of rotatable bonds is 4. The Morgan fingerprint density at radius 2 is 2.12 bits per heavy atom. The van der Waals surface area contributed by atoms with Crippen molar-refractivity contribution in [2.24, 2.45) is 30.2 Å². The first-order chi connectivity index (χ1) is 12.3. The average molecular weight is 355 g/mol. The number of imidazole rings is 1. The van der Waals surface area contributed by atoms with Crippen LogP contribution in [0, 0.1) is 34.5 Å². The molecule has 0 aromatic carbocycles. The summed E-state index contributed by atoms with van der Waals surface area (Å²) in [4.78, 5) is 12.8. The van der Waals surface area contributed by atoms with E-state index in [0.29, 0.717) is 13.0 Å². The monoisotopic (exact) mass is 355 g/mol. The van der Waals surface area contributed by atoms with Crippen molar-refractivity contribution in [3.8, 4) is 6.07 Å². The van der Waals surface area contributed by atoms with E-state index < -0.39 is 5.92 Å². The molecule has 2 aliphatic rings. The van der Waals surface area contributed by atoms with Gasteiger partial charge in [-0.3, -0.25) is 9.13 Å². The van der Waals surface area contributed by atoms with Crippen molar-refractivity contribution in [1.29, 1.82) is 5.26 Å². The maximum Gasteiger partial charge on any atom is 0.328 e. The van der Waals surface area contributed by atoms with Gasteiger partial charge in [-0.25, -0.2) is 9.18 Å². The Bertz CT molecular complexity index is 984. The van der Waals surface area contributed by atoms with Crippen LogP contribution in [0.25, 0.3) is 12.2 Å². The van der Waals surface area contributed by atoms with Gasteiger partial charge in [0.15, 0.2) is 0 Å². The number of fused-ring (bicyclic) bond motifs is 1. The first kappa shape index (κ1) is 18.4. The summed E-state index contributed by atoms with van der Waals surface area (Å²) >= 11 is 0. The number of nitriles is 1. The molecule has 0 radical (unpaired) electrons. The molecule has 138 valence electrons. The Hall–Kier alpha value is -2.35. The highest BCUT2D eigenvalue weighted by molar-refractivity contribution is 5.41. The normalized spacial score (nSPS) is 24.9. The third kappa shape index (κ3) is 3.09. The maximum atomic E-state index is 14.0. The van der Waals surface area contributed by atoms with Gasteiger partial charge in [0.1, 0.15) is 11.7 Å². The summed E-state index contributed by atoms with van der Waals surface area (Å²) in [6.45, 7) is 7.12. The first-order valence-corrected chi connectivity index (χ1v) is 9.20. The number of halogens is 1. The second kappa shape index (κ2) is 6.75. The molecule has 5 heteroatoms. The molecule has 0 N–H and O–H groups in total. The van der Waals surface area contributed by atoms with Crippen molar-refractivity contribution in [1.82, 2.24) is 9.13 Å². The van der Waals surface area contributed by atoms with E-state index in [4.69, 9.17) is 0 Å². The Morgan fingerprint density at radius 1 is 1.38 bits per heavy atom. The summed E-state index contributed by atoms with van der Waals surface area (Å²) in [5, 5.41) is 11.2. The lowest BCUT2D eigenvalue weighted by molar-refractivity contribution is 0.286. The summed E-state index contributed by atoms with van der Waals surface area (Å²) in [5.74, 6) is -1.34. The van der Waals surface area contributed by atoms with E-state index in [1.165, 1.54) is 6.08 Å². The zero-order valence-electron chi connectivity index (χ0n) is 15.9. The lowest BCUT2D eigenvalue weighted by Crippen LogP contribution is -2.39. The largest absolute Gasteiger partial charge is 0.328 e. The topological polar surface area (TPSA) is 50.7 Å². The lowest BCUT2D eigenvalue weighted by atomic mass is 9.76. The van der Waals surface area contributed by atoms with Crippen molar-refractivity contribution in [3.63, 3.8) is 0 Å². The molecule has 3 atom stereocenters. The SMILES string of the molecule is CCC(C)(C)Cn1c2c(n(C)c1=O)=CC(C1C=CC=C(F)C1C#N)CC=2. The Balaban J connectivity index is 2.04. The molecule has 0 saturated heterocycles. The van der Waals surface area contributed by atoms with E-state index in [2.05, 4.69) is 32.9 Å². The predicted octanol–water partition coefficient (Wildman–Crippen LogP) is 2.38. The van der Waals surface area contributed by atoms with E-state index in [1.807, 2.05) is 16.7 Å². The number of hydrogen-bond donors (Lipinski definition) is 0. The second-order valence-corrected chi connectivity index (χ2v) is 8.11. The van der Waals surface area contributed by atoms with Gasteiger partial charge in [0, 0.05) is 19.5 Å². The summed E-state index contributed by atoms with van der Waals surface area (Å²) < 4.78 is 17.5. The molecule has 0 fully saturated rings.